The summed E-state index contributed by atoms with van der Waals surface area (Å²) in [5, 5.41) is 12.8. The fourth-order valence-electron chi connectivity index (χ4n) is 2.78. The minimum absolute atomic E-state index is 0.153. The average molecular weight is 415 g/mol. The number of rotatable bonds is 6. The lowest BCUT2D eigenvalue weighted by atomic mass is 10.0. The lowest BCUT2D eigenvalue weighted by molar-refractivity contribution is -0.137. The minimum atomic E-state index is -1.05. The second kappa shape index (κ2) is 8.87. The number of halogens is 2. The maximum absolute atomic E-state index is 12.7. The summed E-state index contributed by atoms with van der Waals surface area (Å²) in [5.74, 6) is -1.55. The van der Waals surface area contributed by atoms with E-state index in [1.165, 1.54) is 0 Å². The molecule has 0 aliphatic carbocycles. The summed E-state index contributed by atoms with van der Waals surface area (Å²) in [6.45, 7) is 0. The van der Waals surface area contributed by atoms with Crippen molar-refractivity contribution in [3.05, 3.63) is 88.0 Å². The van der Waals surface area contributed by atoms with Crippen molar-refractivity contribution < 1.29 is 14.7 Å². The van der Waals surface area contributed by atoms with Crippen LogP contribution in [0.1, 0.15) is 28.5 Å². The van der Waals surface area contributed by atoms with Crippen LogP contribution >= 0.6 is 23.2 Å². The number of amides is 1. The molecule has 0 aliphatic heterocycles. The first-order chi connectivity index (χ1) is 13.5. The number of hydrogen-bond donors (Lipinski definition) is 2. The number of aromatic nitrogens is 1. The molecule has 3 aromatic rings. The third-order valence-corrected chi connectivity index (χ3v) is 4.77. The molecule has 1 amide bonds. The number of carbonyl (C=O) groups excluding carboxylic acids is 1. The molecule has 0 fully saturated rings. The Balaban J connectivity index is 1.88. The molecule has 1 atom stereocenters. The average Bonchev–Trinajstić information content (AvgIpc) is 2.68. The quantitative estimate of drug-likeness (QED) is 0.594. The third-order valence-electron chi connectivity index (χ3n) is 4.10. The summed E-state index contributed by atoms with van der Waals surface area (Å²) < 4.78 is 0. The molecule has 3 rings (SSSR count). The van der Waals surface area contributed by atoms with Gasteiger partial charge >= 0.3 is 5.97 Å². The van der Waals surface area contributed by atoms with Gasteiger partial charge < -0.3 is 10.4 Å². The normalized spacial score (nSPS) is 11.6. The molecular formula is C21H16Cl2N2O3. The molecule has 0 saturated heterocycles. The van der Waals surface area contributed by atoms with E-state index >= 15 is 0 Å². The van der Waals surface area contributed by atoms with Gasteiger partial charge in [-0.05, 0) is 29.8 Å². The van der Waals surface area contributed by atoms with E-state index in [1.54, 1.807) is 48.5 Å². The Kier molecular flexibility index (Phi) is 6.29. The van der Waals surface area contributed by atoms with Gasteiger partial charge in [-0.2, -0.15) is 0 Å². The number of benzene rings is 2. The zero-order valence-electron chi connectivity index (χ0n) is 14.6. The number of nitrogens with zero attached hydrogens (tertiary/aromatic N) is 1. The molecule has 0 aliphatic rings. The van der Waals surface area contributed by atoms with E-state index < -0.39 is 17.9 Å². The molecule has 28 heavy (non-hydrogen) atoms. The van der Waals surface area contributed by atoms with E-state index in [-0.39, 0.29) is 12.1 Å². The van der Waals surface area contributed by atoms with Crippen molar-refractivity contribution in [3.63, 3.8) is 0 Å². The van der Waals surface area contributed by atoms with Gasteiger partial charge in [0.2, 0.25) is 0 Å². The van der Waals surface area contributed by atoms with E-state index in [9.17, 15) is 14.7 Å². The highest BCUT2D eigenvalue weighted by Gasteiger charge is 2.22. The Morgan fingerprint density at radius 3 is 2.29 bits per heavy atom. The van der Waals surface area contributed by atoms with Gasteiger partial charge in [-0.15, -0.1) is 0 Å². The minimum Gasteiger partial charge on any atom is -0.481 e. The molecule has 1 heterocycles. The molecule has 0 radical (unpaired) electrons. The second-order valence-electron chi connectivity index (χ2n) is 6.03. The maximum Gasteiger partial charge on any atom is 0.305 e. The van der Waals surface area contributed by atoms with Crippen molar-refractivity contribution in [2.45, 2.75) is 12.5 Å². The van der Waals surface area contributed by atoms with Crippen molar-refractivity contribution in [2.75, 3.05) is 0 Å². The molecule has 0 saturated carbocycles. The summed E-state index contributed by atoms with van der Waals surface area (Å²) in [6, 6.07) is 18.2. The van der Waals surface area contributed by atoms with Crippen molar-refractivity contribution in [2.24, 2.45) is 0 Å². The zero-order chi connectivity index (χ0) is 20.1. The van der Waals surface area contributed by atoms with Gasteiger partial charge in [0.1, 0.15) is 5.69 Å². The first-order valence-corrected chi connectivity index (χ1v) is 9.20. The van der Waals surface area contributed by atoms with Gasteiger partial charge in [0, 0.05) is 15.6 Å². The van der Waals surface area contributed by atoms with Gasteiger partial charge in [-0.1, -0.05) is 65.7 Å². The van der Waals surface area contributed by atoms with Gasteiger partial charge in [-0.3, -0.25) is 9.59 Å². The Hall–Kier alpha value is -2.89. The smallest absolute Gasteiger partial charge is 0.305 e. The van der Waals surface area contributed by atoms with E-state index in [1.807, 2.05) is 18.2 Å². The van der Waals surface area contributed by atoms with Crippen LogP contribution in [0.5, 0.6) is 0 Å². The van der Waals surface area contributed by atoms with E-state index in [2.05, 4.69) is 10.3 Å². The Labute approximate surface area is 171 Å². The van der Waals surface area contributed by atoms with E-state index in [4.69, 9.17) is 23.2 Å². The number of aliphatic carboxylic acids is 1. The Morgan fingerprint density at radius 2 is 1.61 bits per heavy atom. The summed E-state index contributed by atoms with van der Waals surface area (Å²) in [5.41, 5.74) is 1.93. The molecule has 2 aromatic carbocycles. The van der Waals surface area contributed by atoms with Gasteiger partial charge in [0.05, 0.1) is 18.2 Å². The van der Waals surface area contributed by atoms with Crippen LogP contribution in [0, 0.1) is 0 Å². The van der Waals surface area contributed by atoms with Crippen LogP contribution in [0.2, 0.25) is 10.0 Å². The first kappa shape index (κ1) is 19.9. The lowest BCUT2D eigenvalue weighted by Crippen LogP contribution is -2.31. The number of carbonyl (C=O) groups is 2. The van der Waals surface area contributed by atoms with Crippen LogP contribution < -0.4 is 5.32 Å². The van der Waals surface area contributed by atoms with Crippen molar-refractivity contribution in [1.82, 2.24) is 10.3 Å². The number of nitrogens with one attached hydrogen (secondary N) is 1. The molecule has 0 bridgehead atoms. The second-order valence-corrected chi connectivity index (χ2v) is 6.85. The van der Waals surface area contributed by atoms with Crippen molar-refractivity contribution in [1.29, 1.82) is 0 Å². The molecule has 7 heteroatoms. The molecule has 1 aromatic heterocycles. The first-order valence-electron chi connectivity index (χ1n) is 8.44. The summed E-state index contributed by atoms with van der Waals surface area (Å²) in [6.07, 6.45) is -0.306. The van der Waals surface area contributed by atoms with Gasteiger partial charge in [0.25, 0.3) is 5.91 Å². The molecular weight excluding hydrogens is 399 g/mol. The van der Waals surface area contributed by atoms with Crippen LogP contribution in [-0.4, -0.2) is 22.0 Å². The van der Waals surface area contributed by atoms with Crippen molar-refractivity contribution in [3.8, 4) is 11.3 Å². The molecule has 2 N–H and O–H groups in total. The van der Waals surface area contributed by atoms with Crippen LogP contribution in [0.25, 0.3) is 11.3 Å². The fraction of sp³-hybridized carbons (Fsp3) is 0.0952. The highest BCUT2D eigenvalue weighted by atomic mass is 35.5. The molecule has 0 spiro atoms. The third kappa shape index (κ3) is 4.68. The van der Waals surface area contributed by atoms with Crippen LogP contribution in [0.15, 0.2) is 66.7 Å². The van der Waals surface area contributed by atoms with Crippen LogP contribution in [0.3, 0.4) is 0 Å². The zero-order valence-corrected chi connectivity index (χ0v) is 16.1. The summed E-state index contributed by atoms with van der Waals surface area (Å²) in [4.78, 5) is 28.4. The monoisotopic (exact) mass is 414 g/mol. The Bertz CT molecular complexity index is 1020. The highest BCUT2D eigenvalue weighted by Crippen LogP contribution is 2.27. The number of pyridine rings is 1. The number of carboxylic acids is 1. The van der Waals surface area contributed by atoms with Gasteiger partial charge in [0.15, 0.2) is 0 Å². The van der Waals surface area contributed by atoms with Crippen LogP contribution in [-0.2, 0) is 4.79 Å². The number of hydrogen-bond acceptors (Lipinski definition) is 3. The van der Waals surface area contributed by atoms with Crippen molar-refractivity contribution >= 4 is 35.1 Å². The van der Waals surface area contributed by atoms with Crippen LogP contribution in [0.4, 0.5) is 0 Å². The summed E-state index contributed by atoms with van der Waals surface area (Å²) >= 11 is 12.4. The van der Waals surface area contributed by atoms with E-state index in [0.29, 0.717) is 26.9 Å². The lowest BCUT2D eigenvalue weighted by Gasteiger charge is -2.18. The SMILES string of the molecule is O=C(O)CC(NC(=O)c1cccc(-c2ccccc2Cl)n1)c1ccccc1Cl. The Morgan fingerprint density at radius 1 is 0.929 bits per heavy atom. The predicted octanol–water partition coefficient (Wildman–Crippen LogP) is 5.00. The number of carboxylic acid groups (broad SMARTS) is 1. The predicted molar refractivity (Wildman–Crippen MR) is 109 cm³/mol. The molecule has 5 nitrogen and oxygen atoms in total. The summed E-state index contributed by atoms with van der Waals surface area (Å²) in [7, 11) is 0. The van der Waals surface area contributed by atoms with E-state index in [0.717, 1.165) is 0 Å². The largest absolute Gasteiger partial charge is 0.481 e. The maximum atomic E-state index is 12.7. The molecule has 142 valence electrons. The fourth-order valence-corrected chi connectivity index (χ4v) is 3.28. The topological polar surface area (TPSA) is 79.3 Å². The molecule has 1 unspecified atom stereocenters. The highest BCUT2D eigenvalue weighted by molar-refractivity contribution is 6.33. The standard InChI is InChI=1S/C21H16Cl2N2O3/c22-15-8-3-1-6-13(15)17-10-5-11-18(24-17)21(28)25-19(12-20(26)27)14-7-2-4-9-16(14)23/h1-11,19H,12H2,(H,25,28)(H,26,27). The van der Waals surface area contributed by atoms with Gasteiger partial charge in [-0.25, -0.2) is 4.98 Å².